The lowest BCUT2D eigenvalue weighted by atomic mass is 9.70. The first kappa shape index (κ1) is 28.6. The second-order valence-corrected chi connectivity index (χ2v) is 14.0. The Balaban J connectivity index is 1.05. The van der Waals surface area contributed by atoms with Crippen LogP contribution in [0.4, 0.5) is 17.1 Å². The first-order valence-electron chi connectivity index (χ1n) is 18.0. The summed E-state index contributed by atoms with van der Waals surface area (Å²) >= 11 is 0. The number of fused-ring (bicyclic) bond motifs is 15. The molecule has 0 bridgehead atoms. The maximum Gasteiger partial charge on any atom is 0.194 e. The summed E-state index contributed by atoms with van der Waals surface area (Å²) in [6.07, 6.45) is 0. The van der Waals surface area contributed by atoms with Crippen molar-refractivity contribution in [2.75, 3.05) is 4.90 Å². The van der Waals surface area contributed by atoms with Crippen molar-refractivity contribution in [1.29, 1.82) is 0 Å². The van der Waals surface area contributed by atoms with Crippen molar-refractivity contribution < 1.29 is 13.9 Å². The third kappa shape index (κ3) is 3.79. The van der Waals surface area contributed by atoms with Gasteiger partial charge in [-0.3, -0.25) is 0 Å². The Morgan fingerprint density at radius 2 is 1.00 bits per heavy atom. The van der Waals surface area contributed by atoms with Crippen LogP contribution in [0.5, 0.6) is 23.0 Å². The van der Waals surface area contributed by atoms with Crippen molar-refractivity contribution >= 4 is 39.0 Å². The monoisotopic (exact) mass is 679 g/mol. The van der Waals surface area contributed by atoms with Gasteiger partial charge in [0.25, 0.3) is 0 Å². The van der Waals surface area contributed by atoms with E-state index in [1.807, 2.05) is 36.4 Å². The SMILES string of the molecule is c1ccc(N(c2ccc3c(c2)oc2ccccc23)c2cccc3c2Oc2cc4c(cc2O3)-c2ccccc2C42c3ccccc3-c3ccccc32)cc1. The lowest BCUT2D eigenvalue weighted by Crippen LogP contribution is -2.25. The molecule has 0 saturated heterocycles. The van der Waals surface area contributed by atoms with E-state index in [-0.39, 0.29) is 0 Å². The first-order chi connectivity index (χ1) is 26.3. The van der Waals surface area contributed by atoms with Gasteiger partial charge in [0.1, 0.15) is 11.2 Å². The molecule has 0 saturated carbocycles. The fraction of sp³-hybridized carbons (Fsp3) is 0.0204. The van der Waals surface area contributed by atoms with Crippen LogP contribution in [-0.4, -0.2) is 0 Å². The highest BCUT2D eigenvalue weighted by Gasteiger charge is 2.52. The fourth-order valence-electron chi connectivity index (χ4n) is 9.21. The molecule has 1 aromatic heterocycles. The van der Waals surface area contributed by atoms with Gasteiger partial charge in [0, 0.05) is 22.5 Å². The Morgan fingerprint density at radius 1 is 0.377 bits per heavy atom. The average Bonchev–Trinajstić information content (AvgIpc) is 3.83. The van der Waals surface area contributed by atoms with Crippen molar-refractivity contribution in [3.63, 3.8) is 0 Å². The van der Waals surface area contributed by atoms with Crippen molar-refractivity contribution in [2.24, 2.45) is 0 Å². The minimum atomic E-state index is -0.477. The minimum absolute atomic E-state index is 0.477. The van der Waals surface area contributed by atoms with E-state index < -0.39 is 5.41 Å². The fourth-order valence-corrected chi connectivity index (χ4v) is 9.21. The molecule has 0 N–H and O–H groups in total. The smallest absolute Gasteiger partial charge is 0.194 e. The summed E-state index contributed by atoms with van der Waals surface area (Å²) in [5.41, 5.74) is 14.0. The lowest BCUT2D eigenvalue weighted by molar-refractivity contribution is 0.360. The topological polar surface area (TPSA) is 34.8 Å². The van der Waals surface area contributed by atoms with Gasteiger partial charge in [0.15, 0.2) is 23.0 Å². The molecule has 0 radical (unpaired) electrons. The zero-order chi connectivity index (χ0) is 34.7. The lowest BCUT2D eigenvalue weighted by Gasteiger charge is -2.32. The van der Waals surface area contributed by atoms with Gasteiger partial charge in [0.2, 0.25) is 0 Å². The van der Waals surface area contributed by atoms with Gasteiger partial charge in [-0.15, -0.1) is 0 Å². The summed E-state index contributed by atoms with van der Waals surface area (Å²) in [5.74, 6) is 2.72. The van der Waals surface area contributed by atoms with Crippen LogP contribution in [0.2, 0.25) is 0 Å². The molecule has 0 atom stereocenters. The predicted molar refractivity (Wildman–Crippen MR) is 211 cm³/mol. The number of rotatable bonds is 3. The van der Waals surface area contributed by atoms with Crippen LogP contribution in [0.3, 0.4) is 0 Å². The number of hydrogen-bond acceptors (Lipinski definition) is 4. The summed E-state index contributed by atoms with van der Waals surface area (Å²) in [6.45, 7) is 0. The molecule has 0 unspecified atom stereocenters. The highest BCUT2D eigenvalue weighted by molar-refractivity contribution is 6.06. The maximum absolute atomic E-state index is 7.08. The first-order valence-corrected chi connectivity index (χ1v) is 18.0. The van der Waals surface area contributed by atoms with E-state index in [9.17, 15) is 0 Å². The highest BCUT2D eigenvalue weighted by Crippen LogP contribution is 2.65. The summed E-state index contributed by atoms with van der Waals surface area (Å²) in [5, 5.41) is 2.19. The Labute approximate surface area is 305 Å². The van der Waals surface area contributed by atoms with E-state index in [0.717, 1.165) is 39.0 Å². The van der Waals surface area contributed by atoms with Gasteiger partial charge in [0.05, 0.1) is 16.8 Å². The van der Waals surface area contributed by atoms with E-state index in [2.05, 4.69) is 144 Å². The summed E-state index contributed by atoms with van der Waals surface area (Å²) in [7, 11) is 0. The minimum Gasteiger partial charge on any atom is -0.456 e. The molecule has 12 rings (SSSR count). The van der Waals surface area contributed by atoms with Gasteiger partial charge in [-0.2, -0.15) is 0 Å². The molecule has 2 aliphatic carbocycles. The Hall–Kier alpha value is -7.04. The van der Waals surface area contributed by atoms with Crippen molar-refractivity contribution in [2.45, 2.75) is 5.41 Å². The molecule has 9 aromatic rings. The van der Waals surface area contributed by atoms with Gasteiger partial charge < -0.3 is 18.8 Å². The zero-order valence-corrected chi connectivity index (χ0v) is 28.4. The number of benzene rings is 8. The van der Waals surface area contributed by atoms with E-state index in [4.69, 9.17) is 13.9 Å². The molecule has 0 fully saturated rings. The largest absolute Gasteiger partial charge is 0.456 e. The average molecular weight is 680 g/mol. The summed E-state index contributed by atoms with van der Waals surface area (Å²) < 4.78 is 20.2. The molecule has 1 aliphatic heterocycles. The predicted octanol–water partition coefficient (Wildman–Crippen LogP) is 13.3. The van der Waals surface area contributed by atoms with E-state index in [1.54, 1.807) is 0 Å². The van der Waals surface area contributed by atoms with Crippen LogP contribution < -0.4 is 14.4 Å². The molecule has 4 heteroatoms. The van der Waals surface area contributed by atoms with Crippen LogP contribution in [0.1, 0.15) is 22.3 Å². The number of para-hydroxylation sites is 3. The molecule has 0 amide bonds. The highest BCUT2D eigenvalue weighted by atomic mass is 16.6. The molecule has 3 aliphatic rings. The third-order valence-corrected chi connectivity index (χ3v) is 11.3. The van der Waals surface area contributed by atoms with E-state index in [1.165, 1.54) is 44.5 Å². The van der Waals surface area contributed by atoms with Crippen LogP contribution in [0.25, 0.3) is 44.2 Å². The molecule has 2 heterocycles. The van der Waals surface area contributed by atoms with Crippen LogP contribution in [-0.2, 0) is 5.41 Å². The standard InChI is InChI=1S/C49H29NO3/c1-2-13-30(14-3-1)50(31-25-26-36-35-18-7-11-23-43(35)51-45(36)27-31)42-22-12-24-44-48(42)53-47-29-41-37(28-46(47)52-44)34-17-6-10-21-40(34)49(41)38-19-8-4-15-32(38)33-16-5-9-20-39(33)49/h1-29H. The molecular formula is C49H29NO3. The maximum atomic E-state index is 7.08. The van der Waals surface area contributed by atoms with Crippen molar-refractivity contribution in [3.05, 3.63) is 198 Å². The second kappa shape index (κ2) is 10.5. The molecular weight excluding hydrogens is 651 g/mol. The summed E-state index contributed by atoms with van der Waals surface area (Å²) in [6, 6.07) is 62.0. The number of nitrogens with zero attached hydrogens (tertiary/aromatic N) is 1. The number of anilines is 3. The number of hydrogen-bond donors (Lipinski definition) is 0. The van der Waals surface area contributed by atoms with Crippen molar-refractivity contribution in [3.8, 4) is 45.3 Å². The Bertz CT molecular complexity index is 2930. The molecule has 53 heavy (non-hydrogen) atoms. The van der Waals surface area contributed by atoms with Crippen LogP contribution in [0, 0.1) is 0 Å². The van der Waals surface area contributed by atoms with Crippen LogP contribution in [0.15, 0.2) is 180 Å². The summed E-state index contributed by atoms with van der Waals surface area (Å²) in [4.78, 5) is 2.22. The normalized spacial score (nSPS) is 13.7. The van der Waals surface area contributed by atoms with E-state index >= 15 is 0 Å². The van der Waals surface area contributed by atoms with Gasteiger partial charge in [-0.05, 0) is 99.1 Å². The van der Waals surface area contributed by atoms with Crippen LogP contribution >= 0.6 is 0 Å². The van der Waals surface area contributed by atoms with Gasteiger partial charge in [-0.25, -0.2) is 0 Å². The number of ether oxygens (including phenoxy) is 2. The van der Waals surface area contributed by atoms with Crippen molar-refractivity contribution in [1.82, 2.24) is 0 Å². The Kier molecular flexibility index (Phi) is 5.67. The molecule has 1 spiro atoms. The molecule has 248 valence electrons. The quantitative estimate of drug-likeness (QED) is 0.186. The zero-order valence-electron chi connectivity index (χ0n) is 28.4. The molecule has 8 aromatic carbocycles. The van der Waals surface area contributed by atoms with Gasteiger partial charge in [-0.1, -0.05) is 115 Å². The van der Waals surface area contributed by atoms with Gasteiger partial charge >= 0.3 is 0 Å². The third-order valence-electron chi connectivity index (χ3n) is 11.3. The van der Waals surface area contributed by atoms with E-state index in [0.29, 0.717) is 23.0 Å². The Morgan fingerprint density at radius 3 is 1.75 bits per heavy atom. The molecule has 4 nitrogen and oxygen atoms in total. The number of furan rings is 1. The second-order valence-electron chi connectivity index (χ2n) is 14.0.